The third-order valence-corrected chi connectivity index (χ3v) is 4.88. The molecule has 0 heterocycles. The molecule has 0 atom stereocenters. The number of methoxy groups -OCH3 is 1. The van der Waals surface area contributed by atoms with Crippen LogP contribution in [-0.4, -0.2) is 20.5 Å². The van der Waals surface area contributed by atoms with Gasteiger partial charge >= 0.3 is 0 Å². The van der Waals surface area contributed by atoms with Gasteiger partial charge in [-0.15, -0.1) is 0 Å². The first-order valence-corrected chi connectivity index (χ1v) is 7.55. The van der Waals surface area contributed by atoms with Crippen molar-refractivity contribution in [2.75, 3.05) is 7.11 Å². The van der Waals surface area contributed by atoms with Crippen molar-refractivity contribution in [1.29, 1.82) is 0 Å². The number of rotatable bonds is 4. The lowest BCUT2D eigenvalue weighted by Crippen LogP contribution is -2.03. The van der Waals surface area contributed by atoms with Crippen molar-refractivity contribution in [3.63, 3.8) is 0 Å². The third kappa shape index (κ3) is 2.98. The maximum Gasteiger partial charge on any atom is 0.289 e. The summed E-state index contributed by atoms with van der Waals surface area (Å²) in [4.78, 5) is 9.93. The Balaban J connectivity index is 2.53. The summed E-state index contributed by atoms with van der Waals surface area (Å²) in [5.74, 6) is 0.510. The highest BCUT2D eigenvalue weighted by Gasteiger charge is 2.22. The Morgan fingerprint density at radius 2 is 1.67 bits per heavy atom. The molecule has 110 valence electrons. The number of nitro groups is 1. The number of benzene rings is 2. The Hall–Kier alpha value is -2.12. The van der Waals surface area contributed by atoms with E-state index in [0.717, 1.165) is 6.07 Å². The quantitative estimate of drug-likeness (QED) is 0.636. The molecule has 0 amide bonds. The summed E-state index contributed by atoms with van der Waals surface area (Å²) in [7, 11) is -2.39. The van der Waals surface area contributed by atoms with Crippen LogP contribution in [0.15, 0.2) is 52.3 Å². The monoisotopic (exact) mass is 327 g/mol. The predicted molar refractivity (Wildman–Crippen MR) is 76.6 cm³/mol. The van der Waals surface area contributed by atoms with Gasteiger partial charge in [0.1, 0.15) is 10.8 Å². The Kier molecular flexibility index (Phi) is 4.15. The zero-order chi connectivity index (χ0) is 15.6. The summed E-state index contributed by atoms with van der Waals surface area (Å²) in [5.41, 5.74) is -0.453. The highest BCUT2D eigenvalue weighted by molar-refractivity contribution is 7.91. The standard InChI is InChI=1S/C13H10ClNO5S/c1-20-9-2-4-10(5-3-9)21(18,19)11-6-7-12(14)13(8-11)15(16)17/h2-8H,1H3. The van der Waals surface area contributed by atoms with E-state index in [1.54, 1.807) is 0 Å². The topological polar surface area (TPSA) is 86.5 Å². The van der Waals surface area contributed by atoms with Gasteiger partial charge in [-0.2, -0.15) is 0 Å². The van der Waals surface area contributed by atoms with Crippen LogP contribution < -0.4 is 4.74 Å². The summed E-state index contributed by atoms with van der Waals surface area (Å²) >= 11 is 5.67. The van der Waals surface area contributed by atoms with Crippen LogP contribution in [0.3, 0.4) is 0 Å². The van der Waals surface area contributed by atoms with Crippen LogP contribution in [0.2, 0.25) is 5.02 Å². The smallest absolute Gasteiger partial charge is 0.289 e. The molecule has 2 rings (SSSR count). The van der Waals surface area contributed by atoms with Crippen molar-refractivity contribution in [1.82, 2.24) is 0 Å². The van der Waals surface area contributed by atoms with Gasteiger partial charge < -0.3 is 4.74 Å². The molecule has 0 spiro atoms. The van der Waals surface area contributed by atoms with Crippen molar-refractivity contribution < 1.29 is 18.1 Å². The van der Waals surface area contributed by atoms with Gasteiger partial charge in [0.2, 0.25) is 9.84 Å². The number of nitrogens with zero attached hydrogens (tertiary/aromatic N) is 1. The summed E-state index contributed by atoms with van der Waals surface area (Å²) in [5, 5.41) is 10.7. The molecule has 0 N–H and O–H groups in total. The van der Waals surface area contributed by atoms with E-state index in [9.17, 15) is 18.5 Å². The predicted octanol–water partition coefficient (Wildman–Crippen LogP) is 3.09. The number of nitro benzene ring substituents is 1. The second kappa shape index (κ2) is 5.71. The Morgan fingerprint density at radius 3 is 2.19 bits per heavy atom. The molecule has 0 aliphatic carbocycles. The number of hydrogen-bond donors (Lipinski definition) is 0. The van der Waals surface area contributed by atoms with Crippen molar-refractivity contribution >= 4 is 27.1 Å². The van der Waals surface area contributed by atoms with Crippen molar-refractivity contribution in [2.45, 2.75) is 9.79 Å². The minimum Gasteiger partial charge on any atom is -0.497 e. The molecule has 21 heavy (non-hydrogen) atoms. The highest BCUT2D eigenvalue weighted by Crippen LogP contribution is 2.30. The summed E-state index contributed by atoms with van der Waals surface area (Å²) in [6.07, 6.45) is 0. The highest BCUT2D eigenvalue weighted by atomic mass is 35.5. The third-order valence-electron chi connectivity index (χ3n) is 2.79. The fourth-order valence-electron chi connectivity index (χ4n) is 1.69. The van der Waals surface area contributed by atoms with Crippen LogP contribution in [-0.2, 0) is 9.84 Å². The molecular weight excluding hydrogens is 318 g/mol. The first-order chi connectivity index (χ1) is 9.86. The van der Waals surface area contributed by atoms with E-state index >= 15 is 0 Å². The lowest BCUT2D eigenvalue weighted by atomic mass is 10.3. The van der Waals surface area contributed by atoms with Crippen LogP contribution in [0.1, 0.15) is 0 Å². The van der Waals surface area contributed by atoms with Gasteiger partial charge in [-0.25, -0.2) is 8.42 Å². The van der Waals surface area contributed by atoms with Crippen LogP contribution in [0.5, 0.6) is 5.75 Å². The van der Waals surface area contributed by atoms with E-state index in [2.05, 4.69) is 0 Å². The number of sulfone groups is 1. The van der Waals surface area contributed by atoms with Crippen molar-refractivity contribution in [2.24, 2.45) is 0 Å². The Labute approximate surface area is 126 Å². The lowest BCUT2D eigenvalue weighted by molar-refractivity contribution is -0.384. The van der Waals surface area contributed by atoms with Gasteiger partial charge in [0, 0.05) is 6.07 Å². The zero-order valence-electron chi connectivity index (χ0n) is 10.8. The van der Waals surface area contributed by atoms with Crippen molar-refractivity contribution in [3.05, 3.63) is 57.6 Å². The van der Waals surface area contributed by atoms with E-state index in [1.807, 2.05) is 0 Å². The zero-order valence-corrected chi connectivity index (χ0v) is 12.4. The van der Waals surface area contributed by atoms with E-state index in [4.69, 9.17) is 16.3 Å². The number of hydrogen-bond acceptors (Lipinski definition) is 5. The van der Waals surface area contributed by atoms with Crippen LogP contribution in [0.4, 0.5) is 5.69 Å². The molecule has 0 saturated heterocycles. The summed E-state index contributed by atoms with van der Waals surface area (Å²) < 4.78 is 29.8. The molecule has 0 bridgehead atoms. The average Bonchev–Trinajstić information content (AvgIpc) is 2.47. The first-order valence-electron chi connectivity index (χ1n) is 5.69. The maximum absolute atomic E-state index is 12.4. The Morgan fingerprint density at radius 1 is 1.10 bits per heavy atom. The summed E-state index contributed by atoms with van der Waals surface area (Å²) in [6.45, 7) is 0. The fraction of sp³-hybridized carbons (Fsp3) is 0.0769. The van der Waals surface area contributed by atoms with E-state index in [1.165, 1.54) is 43.5 Å². The molecule has 0 radical (unpaired) electrons. The second-order valence-electron chi connectivity index (χ2n) is 4.05. The number of halogens is 1. The second-order valence-corrected chi connectivity index (χ2v) is 6.41. The van der Waals surface area contributed by atoms with Gasteiger partial charge in [-0.1, -0.05) is 11.6 Å². The maximum atomic E-state index is 12.4. The average molecular weight is 328 g/mol. The molecule has 2 aromatic rings. The van der Waals surface area contributed by atoms with Crippen molar-refractivity contribution in [3.8, 4) is 5.75 Å². The van der Waals surface area contributed by atoms with Gasteiger partial charge in [0.15, 0.2) is 0 Å². The normalized spacial score (nSPS) is 11.1. The Bertz CT molecular complexity index is 787. The molecule has 8 heteroatoms. The fourth-order valence-corrected chi connectivity index (χ4v) is 3.16. The molecule has 0 saturated carbocycles. The largest absolute Gasteiger partial charge is 0.497 e. The molecule has 6 nitrogen and oxygen atoms in total. The van der Waals surface area contributed by atoms with E-state index < -0.39 is 20.4 Å². The van der Waals surface area contributed by atoms with Crippen LogP contribution in [0.25, 0.3) is 0 Å². The lowest BCUT2D eigenvalue weighted by Gasteiger charge is -2.06. The van der Waals surface area contributed by atoms with E-state index in [-0.39, 0.29) is 14.8 Å². The van der Waals surface area contributed by atoms with Gasteiger partial charge in [0.05, 0.1) is 21.8 Å². The molecule has 0 fully saturated rings. The molecule has 0 unspecified atom stereocenters. The van der Waals surface area contributed by atoms with Gasteiger partial charge in [-0.05, 0) is 36.4 Å². The number of ether oxygens (including phenoxy) is 1. The molecule has 2 aromatic carbocycles. The minimum atomic E-state index is -3.86. The summed E-state index contributed by atoms with van der Waals surface area (Å²) in [6, 6.07) is 9.10. The molecule has 0 aliphatic heterocycles. The van der Waals surface area contributed by atoms with Crippen LogP contribution >= 0.6 is 11.6 Å². The van der Waals surface area contributed by atoms with Gasteiger partial charge in [0.25, 0.3) is 5.69 Å². The molecule has 0 aromatic heterocycles. The SMILES string of the molecule is COc1ccc(S(=O)(=O)c2ccc(Cl)c([N+](=O)[O-])c2)cc1. The minimum absolute atomic E-state index is 0.0138. The molecular formula is C13H10ClNO5S. The molecule has 0 aliphatic rings. The van der Waals surface area contributed by atoms with Crippen LogP contribution in [0, 0.1) is 10.1 Å². The van der Waals surface area contributed by atoms with Gasteiger partial charge in [-0.3, -0.25) is 10.1 Å². The first kappa shape index (κ1) is 15.3. The van der Waals surface area contributed by atoms with E-state index in [0.29, 0.717) is 5.75 Å².